The van der Waals surface area contributed by atoms with Gasteiger partial charge in [0.15, 0.2) is 0 Å². The Morgan fingerprint density at radius 3 is 2.28 bits per heavy atom. The fraction of sp³-hybridized carbons (Fsp3) is 0.417. The van der Waals surface area contributed by atoms with Crippen molar-refractivity contribution < 1.29 is 18.3 Å². The van der Waals surface area contributed by atoms with Crippen LogP contribution in [0.3, 0.4) is 0 Å². The number of rotatable bonds is 6. The van der Waals surface area contributed by atoms with Gasteiger partial charge in [-0.05, 0) is 25.8 Å². The van der Waals surface area contributed by atoms with Crippen molar-refractivity contribution in [2.45, 2.75) is 31.6 Å². The maximum Gasteiger partial charge on any atom is 0.322 e. The molecule has 2 N–H and O–H groups in total. The third-order valence-electron chi connectivity index (χ3n) is 2.51. The van der Waals surface area contributed by atoms with E-state index in [1.807, 2.05) is 6.07 Å². The van der Waals surface area contributed by atoms with E-state index in [4.69, 9.17) is 5.11 Å². The second-order valence-electron chi connectivity index (χ2n) is 4.29. The summed E-state index contributed by atoms with van der Waals surface area (Å²) in [6, 6.07) is 7.77. The lowest BCUT2D eigenvalue weighted by Gasteiger charge is -2.16. The van der Waals surface area contributed by atoms with E-state index in [9.17, 15) is 13.2 Å². The number of sulfonamides is 1. The molecule has 0 aliphatic rings. The van der Waals surface area contributed by atoms with Gasteiger partial charge in [0.25, 0.3) is 0 Å². The Labute approximate surface area is 107 Å². The molecule has 1 aromatic rings. The van der Waals surface area contributed by atoms with E-state index in [1.165, 1.54) is 13.8 Å². The van der Waals surface area contributed by atoms with Crippen LogP contribution in [0.2, 0.25) is 0 Å². The first-order valence-electron chi connectivity index (χ1n) is 5.61. The highest BCUT2D eigenvalue weighted by Crippen LogP contribution is 2.06. The molecule has 0 aliphatic carbocycles. The second-order valence-corrected chi connectivity index (χ2v) is 6.56. The Morgan fingerprint density at radius 2 is 1.83 bits per heavy atom. The molecule has 1 unspecified atom stereocenters. The molecule has 1 rings (SSSR count). The lowest BCUT2D eigenvalue weighted by molar-refractivity contribution is -0.138. The molecule has 0 amide bonds. The normalized spacial score (nSPS) is 13.5. The van der Waals surface area contributed by atoms with Crippen molar-refractivity contribution in [3.05, 3.63) is 35.9 Å². The van der Waals surface area contributed by atoms with Crippen molar-refractivity contribution >= 4 is 16.0 Å². The minimum absolute atomic E-state index is 0.127. The summed E-state index contributed by atoms with van der Waals surface area (Å²) in [6.07, 6.45) is 0.127. The molecule has 5 nitrogen and oxygen atoms in total. The number of carboxylic acid groups (broad SMARTS) is 1. The topological polar surface area (TPSA) is 83.5 Å². The molecule has 1 aromatic carbocycles. The minimum atomic E-state index is -3.59. The van der Waals surface area contributed by atoms with Gasteiger partial charge in [-0.1, -0.05) is 30.3 Å². The largest absolute Gasteiger partial charge is 0.480 e. The first-order valence-corrected chi connectivity index (χ1v) is 7.15. The van der Waals surface area contributed by atoms with E-state index < -0.39 is 27.3 Å². The van der Waals surface area contributed by atoms with Gasteiger partial charge >= 0.3 is 5.97 Å². The lowest BCUT2D eigenvalue weighted by atomic mass is 10.1. The molecule has 0 radical (unpaired) electrons. The number of aliphatic carboxylic acids is 1. The van der Waals surface area contributed by atoms with Gasteiger partial charge < -0.3 is 5.11 Å². The van der Waals surface area contributed by atoms with E-state index in [-0.39, 0.29) is 6.42 Å². The Bertz CT molecular complexity index is 496. The van der Waals surface area contributed by atoms with Crippen LogP contribution in [0, 0.1) is 0 Å². The number of hydrogen-bond donors (Lipinski definition) is 2. The van der Waals surface area contributed by atoms with Crippen molar-refractivity contribution in [2.75, 3.05) is 0 Å². The van der Waals surface area contributed by atoms with E-state index in [2.05, 4.69) is 4.72 Å². The standard InChI is InChI=1S/C12H17NO4S/c1-9(2)18(16,17)13-11(12(14)15)8-10-6-4-3-5-7-10/h3-7,9,11,13H,8H2,1-2H3,(H,14,15). The van der Waals surface area contributed by atoms with Crippen molar-refractivity contribution in [3.8, 4) is 0 Å². The second kappa shape index (κ2) is 5.97. The molecular formula is C12H17NO4S. The molecular weight excluding hydrogens is 254 g/mol. The fourth-order valence-electron chi connectivity index (χ4n) is 1.36. The number of carbonyl (C=O) groups is 1. The lowest BCUT2D eigenvalue weighted by Crippen LogP contribution is -2.44. The van der Waals surface area contributed by atoms with Crippen LogP contribution in [0.5, 0.6) is 0 Å². The van der Waals surface area contributed by atoms with Crippen LogP contribution < -0.4 is 4.72 Å². The molecule has 0 bridgehead atoms. The average Bonchev–Trinajstić information content (AvgIpc) is 2.29. The maximum absolute atomic E-state index is 11.7. The van der Waals surface area contributed by atoms with Crippen LogP contribution in [0.1, 0.15) is 19.4 Å². The van der Waals surface area contributed by atoms with E-state index in [1.54, 1.807) is 24.3 Å². The summed E-state index contributed by atoms with van der Waals surface area (Å²) in [5.74, 6) is -1.18. The molecule has 0 fully saturated rings. The van der Waals surface area contributed by atoms with Gasteiger partial charge in [0.1, 0.15) is 6.04 Å². The Kier molecular flexibility index (Phi) is 4.86. The van der Waals surface area contributed by atoms with Gasteiger partial charge in [-0.15, -0.1) is 0 Å². The smallest absolute Gasteiger partial charge is 0.322 e. The predicted octanol–water partition coefficient (Wildman–Crippen LogP) is 1.01. The molecule has 1 atom stereocenters. The number of hydrogen-bond acceptors (Lipinski definition) is 3. The molecule has 18 heavy (non-hydrogen) atoms. The number of benzene rings is 1. The number of carboxylic acids is 1. The third-order valence-corrected chi connectivity index (χ3v) is 4.36. The highest BCUT2D eigenvalue weighted by atomic mass is 32.2. The van der Waals surface area contributed by atoms with Crippen LogP contribution in [0.4, 0.5) is 0 Å². The van der Waals surface area contributed by atoms with Gasteiger partial charge in [-0.2, -0.15) is 0 Å². The molecule has 0 spiro atoms. The zero-order chi connectivity index (χ0) is 13.8. The summed E-state index contributed by atoms with van der Waals surface area (Å²) in [4.78, 5) is 11.1. The zero-order valence-corrected chi connectivity index (χ0v) is 11.1. The summed E-state index contributed by atoms with van der Waals surface area (Å²) in [5.41, 5.74) is 0.774. The van der Waals surface area contributed by atoms with E-state index >= 15 is 0 Å². The minimum Gasteiger partial charge on any atom is -0.480 e. The molecule has 0 aromatic heterocycles. The molecule has 100 valence electrons. The van der Waals surface area contributed by atoms with Crippen LogP contribution in [0.15, 0.2) is 30.3 Å². The Balaban J connectivity index is 2.83. The van der Waals surface area contributed by atoms with Gasteiger partial charge in [-0.3, -0.25) is 4.79 Å². The van der Waals surface area contributed by atoms with Crippen LogP contribution in [-0.2, 0) is 21.2 Å². The SMILES string of the molecule is CC(C)S(=O)(=O)NC(Cc1ccccc1)C(=O)O. The molecule has 0 heterocycles. The summed E-state index contributed by atoms with van der Waals surface area (Å²) in [5, 5.41) is 8.40. The highest BCUT2D eigenvalue weighted by molar-refractivity contribution is 7.90. The molecule has 6 heteroatoms. The maximum atomic E-state index is 11.7. The van der Waals surface area contributed by atoms with Gasteiger partial charge in [0.05, 0.1) is 5.25 Å². The van der Waals surface area contributed by atoms with E-state index in [0.717, 1.165) is 5.56 Å². The zero-order valence-electron chi connectivity index (χ0n) is 10.3. The summed E-state index contributed by atoms with van der Waals surface area (Å²) in [6.45, 7) is 3.01. The van der Waals surface area contributed by atoms with Crippen molar-refractivity contribution in [1.82, 2.24) is 4.72 Å². The van der Waals surface area contributed by atoms with Crippen molar-refractivity contribution in [1.29, 1.82) is 0 Å². The summed E-state index contributed by atoms with van der Waals surface area (Å²) in [7, 11) is -3.59. The Morgan fingerprint density at radius 1 is 1.28 bits per heavy atom. The summed E-state index contributed by atoms with van der Waals surface area (Å²) >= 11 is 0. The van der Waals surface area contributed by atoms with Gasteiger partial charge in [0, 0.05) is 0 Å². The van der Waals surface area contributed by atoms with Crippen LogP contribution in [0.25, 0.3) is 0 Å². The van der Waals surface area contributed by atoms with Crippen LogP contribution in [-0.4, -0.2) is 30.8 Å². The monoisotopic (exact) mass is 271 g/mol. The first-order chi connectivity index (χ1) is 8.33. The average molecular weight is 271 g/mol. The van der Waals surface area contributed by atoms with Gasteiger partial charge in [0.2, 0.25) is 10.0 Å². The predicted molar refractivity (Wildman–Crippen MR) is 68.8 cm³/mol. The quantitative estimate of drug-likeness (QED) is 0.809. The van der Waals surface area contributed by atoms with Crippen molar-refractivity contribution in [2.24, 2.45) is 0 Å². The van der Waals surface area contributed by atoms with Crippen molar-refractivity contribution in [3.63, 3.8) is 0 Å². The third kappa shape index (κ3) is 4.12. The molecule has 0 aliphatic heterocycles. The summed E-state index contributed by atoms with van der Waals surface area (Å²) < 4.78 is 25.5. The highest BCUT2D eigenvalue weighted by Gasteiger charge is 2.26. The fourth-order valence-corrected chi connectivity index (χ4v) is 2.22. The molecule has 0 saturated carbocycles. The Hall–Kier alpha value is -1.40. The first kappa shape index (κ1) is 14.7. The number of nitrogens with one attached hydrogen (secondary N) is 1. The van der Waals surface area contributed by atoms with E-state index in [0.29, 0.717) is 0 Å². The molecule has 0 saturated heterocycles. The van der Waals surface area contributed by atoms with Crippen LogP contribution >= 0.6 is 0 Å². The van der Waals surface area contributed by atoms with Gasteiger partial charge in [-0.25, -0.2) is 13.1 Å².